The molecule has 172 valence electrons. The molecule has 4 aromatic carbocycles. The third-order valence-corrected chi connectivity index (χ3v) is 6.71. The van der Waals surface area contributed by atoms with E-state index in [2.05, 4.69) is 129 Å². The third-order valence-electron chi connectivity index (χ3n) is 6.71. The standard InChI is InChI=1S/C34H36/c1-3-4-6-9-28-18-22-33(23-19-28)34-24-20-30(21-25-34)13-12-29-14-16-31(17-15-29)26-27(2)32-10-7-5-8-11-32/h3-5,7-8,10-11,14-25,27H,6,9,12-13,26H2,1-2H3/t27-/m1/s1. The van der Waals surface area contributed by atoms with Crippen molar-refractivity contribution >= 4 is 0 Å². The zero-order valence-electron chi connectivity index (χ0n) is 20.6. The second-order valence-corrected chi connectivity index (χ2v) is 9.33. The first-order valence-corrected chi connectivity index (χ1v) is 12.6. The van der Waals surface area contributed by atoms with E-state index in [4.69, 9.17) is 0 Å². The maximum absolute atomic E-state index is 2.31. The van der Waals surface area contributed by atoms with E-state index in [0.29, 0.717) is 5.92 Å². The third kappa shape index (κ3) is 6.81. The minimum Gasteiger partial charge on any atom is -0.0917 e. The molecule has 34 heavy (non-hydrogen) atoms. The highest BCUT2D eigenvalue weighted by Crippen LogP contribution is 2.23. The van der Waals surface area contributed by atoms with Gasteiger partial charge in [-0.2, -0.15) is 0 Å². The van der Waals surface area contributed by atoms with E-state index in [1.807, 2.05) is 0 Å². The molecule has 0 radical (unpaired) electrons. The largest absolute Gasteiger partial charge is 0.0917 e. The molecule has 0 saturated heterocycles. The van der Waals surface area contributed by atoms with Gasteiger partial charge in [0.2, 0.25) is 0 Å². The minimum atomic E-state index is 0.542. The Morgan fingerprint density at radius 3 is 1.56 bits per heavy atom. The number of rotatable bonds is 10. The summed E-state index contributed by atoms with van der Waals surface area (Å²) < 4.78 is 0. The average Bonchev–Trinajstić information content (AvgIpc) is 2.90. The molecule has 1 atom stereocenters. The Hall–Kier alpha value is -3.38. The van der Waals surface area contributed by atoms with Crippen molar-refractivity contribution in [3.63, 3.8) is 0 Å². The highest BCUT2D eigenvalue weighted by Gasteiger charge is 2.06. The smallest absolute Gasteiger partial charge is 0.0150 e. The molecular weight excluding hydrogens is 408 g/mol. The summed E-state index contributed by atoms with van der Waals surface area (Å²) in [6, 6.07) is 38.1. The molecule has 0 N–H and O–H groups in total. The zero-order valence-corrected chi connectivity index (χ0v) is 20.6. The summed E-state index contributed by atoms with van der Waals surface area (Å²) >= 11 is 0. The van der Waals surface area contributed by atoms with Crippen LogP contribution in [0, 0.1) is 0 Å². The number of hydrogen-bond donors (Lipinski definition) is 0. The van der Waals surface area contributed by atoms with E-state index in [1.54, 1.807) is 0 Å². The molecule has 0 heterocycles. The fourth-order valence-electron chi connectivity index (χ4n) is 4.53. The highest BCUT2D eigenvalue weighted by atomic mass is 14.1. The maximum Gasteiger partial charge on any atom is -0.0150 e. The monoisotopic (exact) mass is 444 g/mol. The van der Waals surface area contributed by atoms with Gasteiger partial charge in [-0.25, -0.2) is 0 Å². The molecule has 0 spiro atoms. The van der Waals surface area contributed by atoms with Crippen molar-refractivity contribution in [1.29, 1.82) is 0 Å². The van der Waals surface area contributed by atoms with Gasteiger partial charge >= 0.3 is 0 Å². The molecule has 0 aliphatic heterocycles. The van der Waals surface area contributed by atoms with Crippen LogP contribution in [0.2, 0.25) is 0 Å². The quantitative estimate of drug-likeness (QED) is 0.214. The van der Waals surface area contributed by atoms with E-state index in [0.717, 1.165) is 32.1 Å². The molecule has 0 saturated carbocycles. The number of benzene rings is 4. The first-order valence-electron chi connectivity index (χ1n) is 12.6. The van der Waals surface area contributed by atoms with Crippen molar-refractivity contribution in [2.45, 2.75) is 51.9 Å². The molecule has 0 heteroatoms. The second kappa shape index (κ2) is 12.2. The van der Waals surface area contributed by atoms with Crippen LogP contribution in [0.25, 0.3) is 11.1 Å². The van der Waals surface area contributed by atoms with E-state index >= 15 is 0 Å². The molecule has 0 amide bonds. The van der Waals surface area contributed by atoms with Gasteiger partial charge in [-0.15, -0.1) is 0 Å². The molecule has 0 unspecified atom stereocenters. The lowest BCUT2D eigenvalue weighted by atomic mass is 9.93. The van der Waals surface area contributed by atoms with Crippen LogP contribution < -0.4 is 0 Å². The molecule has 0 aliphatic carbocycles. The first kappa shape index (κ1) is 23.8. The lowest BCUT2D eigenvalue weighted by Crippen LogP contribution is -1.99. The molecule has 0 fully saturated rings. The van der Waals surface area contributed by atoms with Gasteiger partial charge in [0, 0.05) is 0 Å². The van der Waals surface area contributed by atoms with Crippen molar-refractivity contribution in [3.8, 4) is 11.1 Å². The lowest BCUT2D eigenvalue weighted by molar-refractivity contribution is 0.758. The van der Waals surface area contributed by atoms with E-state index < -0.39 is 0 Å². The molecule has 0 bridgehead atoms. The summed E-state index contributed by atoms with van der Waals surface area (Å²) in [6.45, 7) is 4.39. The van der Waals surface area contributed by atoms with Crippen molar-refractivity contribution in [1.82, 2.24) is 0 Å². The molecule has 0 aliphatic rings. The van der Waals surface area contributed by atoms with E-state index in [9.17, 15) is 0 Å². The Labute approximate surface area is 206 Å². The summed E-state index contributed by atoms with van der Waals surface area (Å²) in [5.41, 5.74) is 9.62. The zero-order chi connectivity index (χ0) is 23.6. The van der Waals surface area contributed by atoms with Crippen LogP contribution in [0.4, 0.5) is 0 Å². The second-order valence-electron chi connectivity index (χ2n) is 9.33. The van der Waals surface area contributed by atoms with Crippen LogP contribution in [0.3, 0.4) is 0 Å². The SMILES string of the molecule is CC=CCCc1ccc(-c2ccc(CCc3ccc(C[C@@H](C)c4ccccc4)cc3)cc2)cc1. The Morgan fingerprint density at radius 1 is 0.559 bits per heavy atom. The van der Waals surface area contributed by atoms with Gasteiger partial charge in [0.25, 0.3) is 0 Å². The van der Waals surface area contributed by atoms with Gasteiger partial charge in [0.1, 0.15) is 0 Å². The first-order chi connectivity index (χ1) is 16.7. The van der Waals surface area contributed by atoms with Crippen molar-refractivity contribution in [3.05, 3.63) is 143 Å². The number of allylic oxidation sites excluding steroid dienone is 2. The number of aryl methyl sites for hydroxylation is 3. The van der Waals surface area contributed by atoms with Crippen LogP contribution >= 0.6 is 0 Å². The van der Waals surface area contributed by atoms with Crippen LogP contribution in [-0.2, 0) is 25.7 Å². The van der Waals surface area contributed by atoms with Crippen molar-refractivity contribution in [2.24, 2.45) is 0 Å². The Morgan fingerprint density at radius 2 is 1.03 bits per heavy atom. The predicted molar refractivity (Wildman–Crippen MR) is 147 cm³/mol. The van der Waals surface area contributed by atoms with Gasteiger partial charge < -0.3 is 0 Å². The van der Waals surface area contributed by atoms with Crippen molar-refractivity contribution in [2.75, 3.05) is 0 Å². The van der Waals surface area contributed by atoms with Gasteiger partial charge in [0.15, 0.2) is 0 Å². The lowest BCUT2D eigenvalue weighted by Gasteiger charge is -2.12. The maximum atomic E-state index is 2.31. The average molecular weight is 445 g/mol. The predicted octanol–water partition coefficient (Wildman–Crippen LogP) is 8.99. The Kier molecular flexibility index (Phi) is 8.52. The number of hydrogen-bond acceptors (Lipinski definition) is 0. The summed E-state index contributed by atoms with van der Waals surface area (Å²) in [7, 11) is 0. The molecule has 0 nitrogen and oxygen atoms in total. The molecule has 4 aromatic rings. The van der Waals surface area contributed by atoms with Gasteiger partial charge in [0.05, 0.1) is 0 Å². The van der Waals surface area contributed by atoms with E-state index in [1.165, 1.54) is 38.9 Å². The van der Waals surface area contributed by atoms with Gasteiger partial charge in [-0.1, -0.05) is 122 Å². The fraction of sp³-hybridized carbons (Fsp3) is 0.235. The molecule has 4 rings (SSSR count). The van der Waals surface area contributed by atoms with Crippen molar-refractivity contribution < 1.29 is 0 Å². The topological polar surface area (TPSA) is 0 Å². The van der Waals surface area contributed by atoms with Crippen LogP contribution in [-0.4, -0.2) is 0 Å². The Bertz CT molecular complexity index is 1150. The van der Waals surface area contributed by atoms with Crippen LogP contribution in [0.1, 0.15) is 54.0 Å². The molecular formula is C34H36. The summed E-state index contributed by atoms with van der Waals surface area (Å²) in [6.07, 6.45) is 9.81. The summed E-state index contributed by atoms with van der Waals surface area (Å²) in [4.78, 5) is 0. The van der Waals surface area contributed by atoms with Gasteiger partial charge in [-0.3, -0.25) is 0 Å². The highest BCUT2D eigenvalue weighted by molar-refractivity contribution is 5.64. The summed E-state index contributed by atoms with van der Waals surface area (Å²) in [5.74, 6) is 0.542. The van der Waals surface area contributed by atoms with Gasteiger partial charge in [-0.05, 0) is 83.9 Å². The minimum absolute atomic E-state index is 0.542. The van der Waals surface area contributed by atoms with Crippen LogP contribution in [0.15, 0.2) is 115 Å². The Balaban J connectivity index is 1.28. The van der Waals surface area contributed by atoms with E-state index in [-0.39, 0.29) is 0 Å². The summed E-state index contributed by atoms with van der Waals surface area (Å²) in [5, 5.41) is 0. The molecule has 0 aromatic heterocycles. The van der Waals surface area contributed by atoms with Crippen LogP contribution in [0.5, 0.6) is 0 Å². The fourth-order valence-corrected chi connectivity index (χ4v) is 4.53. The normalized spacial score (nSPS) is 12.2.